The summed E-state index contributed by atoms with van der Waals surface area (Å²) in [6, 6.07) is 0. The Labute approximate surface area is 165 Å². The van der Waals surface area contributed by atoms with Crippen molar-refractivity contribution in [2.75, 3.05) is 41.4 Å². The minimum absolute atomic E-state index is 0. The fourth-order valence-corrected chi connectivity index (χ4v) is 4.58. The number of hydrogen-bond donors (Lipinski definition) is 0. The average molecular weight is 460 g/mol. The van der Waals surface area contributed by atoms with Gasteiger partial charge in [-0.1, -0.05) is 52.4 Å². The molecule has 1 atom stereocenters. The van der Waals surface area contributed by atoms with Gasteiger partial charge in [0, 0.05) is 26.2 Å². The molecule has 0 amide bonds. The Bertz CT molecular complexity index is 251. The number of halogens is 1. The summed E-state index contributed by atoms with van der Waals surface area (Å²) in [5.74, 6) is 0. The molecule has 0 aromatic rings. The second-order valence-electron chi connectivity index (χ2n) is 7.46. The summed E-state index contributed by atoms with van der Waals surface area (Å²) in [7, 11) is 6.87. The van der Waals surface area contributed by atoms with E-state index in [0.29, 0.717) is 5.54 Å². The molecule has 142 valence electrons. The standard InChI is InChI=1S/C18H42NO2Si.HI/c1-7-8-9-10-11-12-13-14-16-19(3,4)17-15-18(2)22(20-5)21-6;/h18,22H,7-17H2,1-6H3;1H/q+1;/p-1. The lowest BCUT2D eigenvalue weighted by Crippen LogP contribution is -3.00. The third kappa shape index (κ3) is 14.8. The van der Waals surface area contributed by atoms with E-state index in [0.717, 1.165) is 4.48 Å². The van der Waals surface area contributed by atoms with Crippen molar-refractivity contribution in [3.63, 3.8) is 0 Å². The van der Waals surface area contributed by atoms with Crippen molar-refractivity contribution in [2.45, 2.75) is 77.2 Å². The third-order valence-corrected chi connectivity index (χ3v) is 6.93. The Morgan fingerprint density at radius 2 is 1.30 bits per heavy atom. The van der Waals surface area contributed by atoms with Crippen LogP contribution in [0.1, 0.15) is 71.6 Å². The molecule has 0 fully saturated rings. The van der Waals surface area contributed by atoms with E-state index < -0.39 is 9.28 Å². The van der Waals surface area contributed by atoms with Crippen LogP contribution in [-0.2, 0) is 8.85 Å². The average Bonchev–Trinajstić information content (AvgIpc) is 2.49. The topological polar surface area (TPSA) is 18.5 Å². The molecule has 0 aliphatic rings. The predicted octanol–water partition coefficient (Wildman–Crippen LogP) is 1.50. The summed E-state index contributed by atoms with van der Waals surface area (Å²) in [4.78, 5) is 0. The summed E-state index contributed by atoms with van der Waals surface area (Å²) >= 11 is 0. The molecule has 0 radical (unpaired) electrons. The van der Waals surface area contributed by atoms with Gasteiger partial charge >= 0.3 is 9.28 Å². The van der Waals surface area contributed by atoms with Crippen molar-refractivity contribution in [3.8, 4) is 0 Å². The van der Waals surface area contributed by atoms with Crippen molar-refractivity contribution in [1.29, 1.82) is 0 Å². The highest BCUT2D eigenvalue weighted by atomic mass is 127. The van der Waals surface area contributed by atoms with Gasteiger partial charge in [-0.2, -0.15) is 0 Å². The van der Waals surface area contributed by atoms with E-state index in [-0.39, 0.29) is 24.0 Å². The Kier molecular flexibility index (Phi) is 18.5. The maximum atomic E-state index is 5.49. The van der Waals surface area contributed by atoms with Crippen molar-refractivity contribution < 1.29 is 37.3 Å². The van der Waals surface area contributed by atoms with E-state index in [1.54, 1.807) is 14.2 Å². The molecular weight excluding hydrogens is 417 g/mol. The summed E-state index contributed by atoms with van der Waals surface area (Å²) < 4.78 is 12.1. The normalized spacial score (nSPS) is 13.2. The van der Waals surface area contributed by atoms with E-state index in [9.17, 15) is 0 Å². The maximum absolute atomic E-state index is 5.49. The molecule has 0 N–H and O–H groups in total. The van der Waals surface area contributed by atoms with Crippen molar-refractivity contribution in [1.82, 2.24) is 0 Å². The van der Waals surface area contributed by atoms with Gasteiger partial charge in [-0.05, 0) is 12.8 Å². The van der Waals surface area contributed by atoms with E-state index >= 15 is 0 Å². The molecule has 0 rings (SSSR count). The smallest absolute Gasteiger partial charge is 0.324 e. The van der Waals surface area contributed by atoms with Gasteiger partial charge < -0.3 is 37.3 Å². The molecule has 5 heteroatoms. The summed E-state index contributed by atoms with van der Waals surface area (Å²) in [5.41, 5.74) is 0.589. The van der Waals surface area contributed by atoms with Crippen molar-refractivity contribution >= 4 is 9.28 Å². The van der Waals surface area contributed by atoms with Crippen LogP contribution in [0.3, 0.4) is 0 Å². The molecule has 0 aromatic carbocycles. The van der Waals surface area contributed by atoms with Gasteiger partial charge in [-0.3, -0.25) is 0 Å². The summed E-state index contributed by atoms with van der Waals surface area (Å²) in [5, 5.41) is 0. The monoisotopic (exact) mass is 459 g/mol. The number of quaternary nitrogens is 1. The molecule has 0 bridgehead atoms. The van der Waals surface area contributed by atoms with Gasteiger partial charge in [-0.15, -0.1) is 0 Å². The Morgan fingerprint density at radius 3 is 1.78 bits per heavy atom. The van der Waals surface area contributed by atoms with Crippen LogP contribution in [0, 0.1) is 0 Å². The molecule has 0 saturated carbocycles. The van der Waals surface area contributed by atoms with E-state index in [2.05, 4.69) is 27.9 Å². The third-order valence-electron chi connectivity index (χ3n) is 4.74. The molecule has 0 aliphatic carbocycles. The van der Waals surface area contributed by atoms with Gasteiger partial charge in [0.05, 0.1) is 27.2 Å². The molecule has 0 spiro atoms. The molecule has 0 heterocycles. The van der Waals surface area contributed by atoms with Gasteiger partial charge in [0.15, 0.2) is 0 Å². The molecule has 0 saturated heterocycles. The van der Waals surface area contributed by atoms with Gasteiger partial charge in [0.25, 0.3) is 0 Å². The second kappa shape index (κ2) is 16.3. The highest BCUT2D eigenvalue weighted by Crippen LogP contribution is 2.18. The first-order valence-electron chi connectivity index (χ1n) is 9.34. The number of unbranched alkanes of at least 4 members (excludes halogenated alkanes) is 7. The Hall–Kier alpha value is 0.827. The molecule has 23 heavy (non-hydrogen) atoms. The first-order valence-corrected chi connectivity index (χ1v) is 11.0. The first kappa shape index (κ1) is 26.1. The van der Waals surface area contributed by atoms with Crippen LogP contribution in [0.4, 0.5) is 0 Å². The Balaban J connectivity index is 0. The second-order valence-corrected chi connectivity index (χ2v) is 10.3. The van der Waals surface area contributed by atoms with E-state index in [4.69, 9.17) is 8.85 Å². The summed E-state index contributed by atoms with van der Waals surface area (Å²) in [6.45, 7) is 7.09. The highest BCUT2D eigenvalue weighted by Gasteiger charge is 2.23. The fraction of sp³-hybridized carbons (Fsp3) is 1.00. The van der Waals surface area contributed by atoms with Gasteiger partial charge in [-0.25, -0.2) is 0 Å². The van der Waals surface area contributed by atoms with Crippen LogP contribution in [0.15, 0.2) is 0 Å². The Morgan fingerprint density at radius 1 is 0.826 bits per heavy atom. The molecule has 1 unspecified atom stereocenters. The highest BCUT2D eigenvalue weighted by molar-refractivity contribution is 6.46. The lowest BCUT2D eigenvalue weighted by atomic mass is 10.1. The molecule has 3 nitrogen and oxygen atoms in total. The van der Waals surface area contributed by atoms with Gasteiger partial charge in [0.1, 0.15) is 0 Å². The van der Waals surface area contributed by atoms with Crippen LogP contribution < -0.4 is 24.0 Å². The van der Waals surface area contributed by atoms with Crippen LogP contribution in [-0.4, -0.2) is 55.2 Å². The minimum atomic E-state index is -1.44. The van der Waals surface area contributed by atoms with Gasteiger partial charge in [0.2, 0.25) is 0 Å². The number of nitrogens with zero attached hydrogens (tertiary/aromatic N) is 1. The lowest BCUT2D eigenvalue weighted by molar-refractivity contribution is -0.890. The number of hydrogen-bond acceptors (Lipinski definition) is 2. The van der Waals surface area contributed by atoms with Crippen LogP contribution in [0.2, 0.25) is 5.54 Å². The zero-order valence-electron chi connectivity index (χ0n) is 16.6. The predicted molar refractivity (Wildman–Crippen MR) is 99.7 cm³/mol. The quantitative estimate of drug-likeness (QED) is 0.160. The SMILES string of the molecule is CCCCCCCCCC[N+](C)(C)CCC(C)[SiH](OC)OC.[I-]. The van der Waals surface area contributed by atoms with Crippen LogP contribution >= 0.6 is 0 Å². The van der Waals surface area contributed by atoms with Crippen molar-refractivity contribution in [2.24, 2.45) is 0 Å². The first-order chi connectivity index (χ1) is 10.5. The number of rotatable bonds is 15. The maximum Gasteiger partial charge on any atom is 0.324 e. The largest absolute Gasteiger partial charge is 1.00 e. The van der Waals surface area contributed by atoms with Crippen molar-refractivity contribution in [3.05, 3.63) is 0 Å². The zero-order chi connectivity index (χ0) is 16.8. The van der Waals surface area contributed by atoms with E-state index in [1.165, 1.54) is 70.9 Å². The molecule has 0 aromatic heterocycles. The lowest BCUT2D eigenvalue weighted by Gasteiger charge is -2.31. The minimum Gasteiger partial charge on any atom is -1.00 e. The summed E-state index contributed by atoms with van der Waals surface area (Å²) in [6.07, 6.45) is 12.4. The van der Waals surface area contributed by atoms with Crippen LogP contribution in [0.25, 0.3) is 0 Å². The van der Waals surface area contributed by atoms with E-state index in [1.807, 2.05) is 0 Å². The zero-order valence-corrected chi connectivity index (χ0v) is 19.9. The molecule has 0 aliphatic heterocycles. The van der Waals surface area contributed by atoms with Crippen LogP contribution in [0.5, 0.6) is 0 Å². The fourth-order valence-electron chi connectivity index (χ4n) is 3.04. The molecular formula is C18H42INO2Si.